The van der Waals surface area contributed by atoms with Crippen molar-refractivity contribution in [3.05, 3.63) is 77.1 Å². The van der Waals surface area contributed by atoms with Crippen molar-refractivity contribution in [2.75, 3.05) is 5.32 Å². The third kappa shape index (κ3) is 4.48. The third-order valence-electron chi connectivity index (χ3n) is 3.22. The van der Waals surface area contributed by atoms with E-state index in [0.717, 1.165) is 5.69 Å². The van der Waals surface area contributed by atoms with Crippen LogP contribution in [0, 0.1) is 5.82 Å². The molecule has 6 nitrogen and oxygen atoms in total. The molecule has 0 unspecified atom stereocenters. The summed E-state index contributed by atoms with van der Waals surface area (Å²) < 4.78 is 13.2. The minimum atomic E-state index is -0.518. The Balaban J connectivity index is 1.68. The summed E-state index contributed by atoms with van der Waals surface area (Å²) in [5.74, 6) is -0.669. The van der Waals surface area contributed by atoms with E-state index in [1.54, 1.807) is 12.3 Å². The Morgan fingerprint density at radius 3 is 2.76 bits per heavy atom. The number of nitrogens with zero attached hydrogens (tertiary/aromatic N) is 3. The lowest BCUT2D eigenvalue weighted by Crippen LogP contribution is -2.24. The maximum Gasteiger partial charge on any atom is 0.270 e. The van der Waals surface area contributed by atoms with Crippen molar-refractivity contribution in [2.24, 2.45) is 0 Å². The topological polar surface area (TPSA) is 79.8 Å². The number of benzene rings is 1. The van der Waals surface area contributed by atoms with Crippen LogP contribution in [0.25, 0.3) is 0 Å². The molecule has 2 N–H and O–H groups in total. The van der Waals surface area contributed by atoms with Gasteiger partial charge in [-0.1, -0.05) is 17.7 Å². The first-order valence-electron chi connectivity index (χ1n) is 7.35. The lowest BCUT2D eigenvalue weighted by atomic mass is 10.3. The summed E-state index contributed by atoms with van der Waals surface area (Å²) in [5.41, 5.74) is 1.45. The molecule has 0 bridgehead atoms. The minimum absolute atomic E-state index is 0.0192. The van der Waals surface area contributed by atoms with E-state index in [0.29, 0.717) is 12.2 Å². The number of nitrogens with one attached hydrogen (secondary N) is 2. The lowest BCUT2D eigenvalue weighted by molar-refractivity contribution is 0.0945. The van der Waals surface area contributed by atoms with Crippen LogP contribution in [0.15, 0.2) is 54.9 Å². The highest BCUT2D eigenvalue weighted by Crippen LogP contribution is 2.21. The highest BCUT2D eigenvalue weighted by molar-refractivity contribution is 6.31. The number of anilines is 2. The number of halogens is 2. The molecule has 0 radical (unpaired) electrons. The van der Waals surface area contributed by atoms with E-state index >= 15 is 0 Å². The van der Waals surface area contributed by atoms with Crippen molar-refractivity contribution >= 4 is 29.1 Å². The van der Waals surface area contributed by atoms with Gasteiger partial charge < -0.3 is 10.6 Å². The van der Waals surface area contributed by atoms with Gasteiger partial charge in [0.05, 0.1) is 17.3 Å². The van der Waals surface area contributed by atoms with Gasteiger partial charge in [-0.05, 0) is 36.4 Å². The van der Waals surface area contributed by atoms with Gasteiger partial charge >= 0.3 is 0 Å². The van der Waals surface area contributed by atoms with Gasteiger partial charge in [-0.25, -0.2) is 14.4 Å². The number of hydrogen-bond acceptors (Lipinski definition) is 5. The second-order valence-electron chi connectivity index (χ2n) is 5.02. The van der Waals surface area contributed by atoms with E-state index < -0.39 is 5.82 Å². The standard InChI is InChI=1S/C17H13ClFN5O/c18-13-9-11(4-5-14(13)19)23-17-21-8-6-15(24-17)16(25)22-10-12-3-1-2-7-20-12/h1-9H,10H2,(H,22,25)(H,21,23,24). The van der Waals surface area contributed by atoms with Gasteiger partial charge in [0, 0.05) is 18.1 Å². The number of aromatic nitrogens is 3. The fourth-order valence-electron chi connectivity index (χ4n) is 2.01. The molecule has 0 fully saturated rings. The number of rotatable bonds is 5. The molecule has 3 rings (SSSR count). The molecular formula is C17H13ClFN5O. The maximum absolute atomic E-state index is 13.2. The maximum atomic E-state index is 13.2. The first-order chi connectivity index (χ1) is 12.1. The van der Waals surface area contributed by atoms with Crippen LogP contribution in [-0.2, 0) is 6.54 Å². The van der Waals surface area contributed by atoms with Gasteiger partial charge in [0.25, 0.3) is 5.91 Å². The smallest absolute Gasteiger partial charge is 0.270 e. The molecule has 0 aliphatic rings. The molecule has 2 heterocycles. The normalized spacial score (nSPS) is 10.3. The molecule has 25 heavy (non-hydrogen) atoms. The van der Waals surface area contributed by atoms with E-state index in [2.05, 4.69) is 25.6 Å². The Labute approximate surface area is 148 Å². The average molecular weight is 358 g/mol. The lowest BCUT2D eigenvalue weighted by Gasteiger charge is -2.08. The molecule has 1 aromatic carbocycles. The van der Waals surface area contributed by atoms with Crippen LogP contribution in [0.1, 0.15) is 16.2 Å². The molecule has 0 saturated carbocycles. The molecule has 8 heteroatoms. The molecule has 2 aromatic heterocycles. The van der Waals surface area contributed by atoms with E-state index in [4.69, 9.17) is 11.6 Å². The van der Waals surface area contributed by atoms with Crippen LogP contribution in [0.4, 0.5) is 16.0 Å². The summed E-state index contributed by atoms with van der Waals surface area (Å²) in [6.07, 6.45) is 3.11. The van der Waals surface area contributed by atoms with E-state index in [-0.39, 0.29) is 22.6 Å². The number of carbonyl (C=O) groups is 1. The highest BCUT2D eigenvalue weighted by Gasteiger charge is 2.09. The number of amides is 1. The Kier molecular flexibility index (Phi) is 5.15. The van der Waals surface area contributed by atoms with Gasteiger partial charge in [0.15, 0.2) is 0 Å². The first-order valence-corrected chi connectivity index (χ1v) is 7.73. The zero-order valence-corrected chi connectivity index (χ0v) is 13.7. The molecule has 0 spiro atoms. The molecule has 0 aliphatic heterocycles. The van der Waals surface area contributed by atoms with Crippen molar-refractivity contribution in [1.29, 1.82) is 0 Å². The summed E-state index contributed by atoms with van der Waals surface area (Å²) in [7, 11) is 0. The summed E-state index contributed by atoms with van der Waals surface area (Å²) in [6.45, 7) is 0.292. The van der Waals surface area contributed by atoms with Crippen molar-refractivity contribution < 1.29 is 9.18 Å². The fourth-order valence-corrected chi connectivity index (χ4v) is 2.19. The molecule has 0 aliphatic carbocycles. The molecule has 3 aromatic rings. The van der Waals surface area contributed by atoms with E-state index in [1.165, 1.54) is 30.5 Å². The van der Waals surface area contributed by atoms with Crippen LogP contribution < -0.4 is 10.6 Å². The average Bonchev–Trinajstić information content (AvgIpc) is 2.64. The predicted octanol–water partition coefficient (Wildman–Crippen LogP) is 3.34. The van der Waals surface area contributed by atoms with Gasteiger partial charge in [0.2, 0.25) is 5.95 Å². The highest BCUT2D eigenvalue weighted by atomic mass is 35.5. The largest absolute Gasteiger partial charge is 0.345 e. The van der Waals surface area contributed by atoms with Crippen LogP contribution in [0.2, 0.25) is 5.02 Å². The minimum Gasteiger partial charge on any atom is -0.345 e. The molecule has 126 valence electrons. The summed E-state index contributed by atoms with van der Waals surface area (Å²) in [5, 5.41) is 5.59. The zero-order valence-electron chi connectivity index (χ0n) is 12.9. The summed E-state index contributed by atoms with van der Waals surface area (Å²) in [6, 6.07) is 11.1. The third-order valence-corrected chi connectivity index (χ3v) is 3.51. The van der Waals surface area contributed by atoms with Crippen LogP contribution in [-0.4, -0.2) is 20.9 Å². The number of pyridine rings is 1. The summed E-state index contributed by atoms with van der Waals surface area (Å²) >= 11 is 5.74. The van der Waals surface area contributed by atoms with Gasteiger partial charge in [-0.2, -0.15) is 0 Å². The number of hydrogen-bond donors (Lipinski definition) is 2. The first kappa shape index (κ1) is 16.8. The van der Waals surface area contributed by atoms with Crippen molar-refractivity contribution in [1.82, 2.24) is 20.3 Å². The second-order valence-corrected chi connectivity index (χ2v) is 5.43. The molecule has 1 amide bonds. The Hall–Kier alpha value is -3.06. The zero-order chi connectivity index (χ0) is 17.6. The molecular weight excluding hydrogens is 345 g/mol. The summed E-state index contributed by atoms with van der Waals surface area (Å²) in [4.78, 5) is 24.5. The van der Waals surface area contributed by atoms with Gasteiger partial charge in [-0.15, -0.1) is 0 Å². The Morgan fingerprint density at radius 1 is 1.12 bits per heavy atom. The monoisotopic (exact) mass is 357 g/mol. The van der Waals surface area contributed by atoms with Crippen molar-refractivity contribution in [3.63, 3.8) is 0 Å². The van der Waals surface area contributed by atoms with Crippen molar-refractivity contribution in [3.8, 4) is 0 Å². The Bertz CT molecular complexity index is 891. The van der Waals surface area contributed by atoms with Crippen molar-refractivity contribution in [2.45, 2.75) is 6.54 Å². The Morgan fingerprint density at radius 2 is 2.00 bits per heavy atom. The predicted molar refractivity (Wildman–Crippen MR) is 92.1 cm³/mol. The SMILES string of the molecule is O=C(NCc1ccccn1)c1ccnc(Nc2ccc(F)c(Cl)c2)n1. The van der Waals surface area contributed by atoms with Gasteiger partial charge in [0.1, 0.15) is 11.5 Å². The second kappa shape index (κ2) is 7.67. The molecule has 0 atom stereocenters. The van der Waals surface area contributed by atoms with Gasteiger partial charge in [-0.3, -0.25) is 9.78 Å². The quantitative estimate of drug-likeness (QED) is 0.732. The van der Waals surface area contributed by atoms with Crippen LogP contribution in [0.5, 0.6) is 0 Å². The van der Waals surface area contributed by atoms with E-state index in [9.17, 15) is 9.18 Å². The van der Waals surface area contributed by atoms with Crippen LogP contribution >= 0.6 is 11.6 Å². The number of carbonyl (C=O) groups excluding carboxylic acids is 1. The van der Waals surface area contributed by atoms with Crippen LogP contribution in [0.3, 0.4) is 0 Å². The fraction of sp³-hybridized carbons (Fsp3) is 0.0588. The molecule has 0 saturated heterocycles. The van der Waals surface area contributed by atoms with E-state index in [1.807, 2.05) is 12.1 Å².